The van der Waals surface area contributed by atoms with Gasteiger partial charge in [0.25, 0.3) is 0 Å². The van der Waals surface area contributed by atoms with Crippen molar-refractivity contribution in [3.63, 3.8) is 0 Å². The number of carbonyl (C=O) groups excluding carboxylic acids is 2. The molecule has 0 bridgehead atoms. The third-order valence-electron chi connectivity index (χ3n) is 6.61. The van der Waals surface area contributed by atoms with Crippen molar-refractivity contribution in [2.45, 2.75) is 63.2 Å². The maximum absolute atomic E-state index is 12.6. The molecule has 2 aromatic heterocycles. The summed E-state index contributed by atoms with van der Waals surface area (Å²) in [7, 11) is -3.14. The first-order valence-electron chi connectivity index (χ1n) is 12.7. The van der Waals surface area contributed by atoms with E-state index in [-0.39, 0.29) is 30.1 Å². The molecule has 18 heteroatoms. The van der Waals surface area contributed by atoms with Gasteiger partial charge >= 0.3 is 13.8 Å². The number of nitrogens with zero attached hydrogens (tertiary/aromatic N) is 5. The van der Waals surface area contributed by atoms with Gasteiger partial charge < -0.3 is 39.5 Å². The number of halogens is 1. The molecule has 4 rings (SSSR count). The summed E-state index contributed by atoms with van der Waals surface area (Å²) < 4.78 is 33.1. The largest absolute Gasteiger partial charge is 0.510 e. The number of fused-ring (bicyclic) bond motifs is 1. The highest BCUT2D eigenvalue weighted by Crippen LogP contribution is 2.42. The van der Waals surface area contributed by atoms with E-state index >= 15 is 0 Å². The summed E-state index contributed by atoms with van der Waals surface area (Å²) in [5.74, 6) is -0.357. The maximum Gasteiger partial charge on any atom is 0.510 e. The fourth-order valence-electron chi connectivity index (χ4n) is 4.58. The van der Waals surface area contributed by atoms with Crippen molar-refractivity contribution in [3.8, 4) is 0 Å². The van der Waals surface area contributed by atoms with Crippen LogP contribution >= 0.6 is 19.2 Å². The number of nitrogens with one attached hydrogen (secondary N) is 1. The van der Waals surface area contributed by atoms with E-state index in [4.69, 9.17) is 16.3 Å². The van der Waals surface area contributed by atoms with Crippen molar-refractivity contribution in [1.82, 2.24) is 24.4 Å². The van der Waals surface area contributed by atoms with Crippen LogP contribution in [0.5, 0.6) is 0 Å². The summed E-state index contributed by atoms with van der Waals surface area (Å²) >= 11 is 6.17. The molecular weight excluding hydrogens is 575 g/mol. The molecule has 1 aliphatic carbocycles. The standard InChI is InChI=1S/C22H32ClN6O10P/c1-3-36-22(33)37-11-38-40(34,35)9-14(30)28(2)8-13-16(31)17(32)20(39-13)29-10-24-15-18(25-12-6-4-5-7-12)26-21(23)27-19(15)29/h10,12-13,16-17,20,31-32H,3-9,11H2,1-2H3,(H,34,35)(H,25,26,27)/t13-,16-,17-,20-/m1/s1. The second-order valence-electron chi connectivity index (χ2n) is 9.48. The average Bonchev–Trinajstić information content (AvgIpc) is 3.60. The number of anilines is 1. The van der Waals surface area contributed by atoms with Crippen LogP contribution in [0.2, 0.25) is 5.28 Å². The number of hydrogen-bond donors (Lipinski definition) is 4. The monoisotopic (exact) mass is 606 g/mol. The fourth-order valence-corrected chi connectivity index (χ4v) is 5.63. The number of aliphatic hydroxyl groups is 2. The quantitative estimate of drug-likeness (QED) is 0.123. The van der Waals surface area contributed by atoms with E-state index in [9.17, 15) is 29.3 Å². The van der Waals surface area contributed by atoms with Crippen molar-refractivity contribution in [1.29, 1.82) is 0 Å². The van der Waals surface area contributed by atoms with Crippen LogP contribution in [0.1, 0.15) is 38.8 Å². The van der Waals surface area contributed by atoms with Crippen molar-refractivity contribution in [3.05, 3.63) is 11.6 Å². The molecule has 1 unspecified atom stereocenters. The molecule has 40 heavy (non-hydrogen) atoms. The van der Waals surface area contributed by atoms with Crippen LogP contribution in [0, 0.1) is 0 Å². The maximum atomic E-state index is 12.6. The van der Waals surface area contributed by atoms with Gasteiger partial charge in [-0.3, -0.25) is 18.5 Å². The summed E-state index contributed by atoms with van der Waals surface area (Å²) in [6.45, 7) is 0.475. The molecule has 1 amide bonds. The molecule has 0 spiro atoms. The smallest absolute Gasteiger partial charge is 0.435 e. The molecule has 0 radical (unpaired) electrons. The number of carbonyl (C=O) groups is 2. The van der Waals surface area contributed by atoms with Crippen LogP contribution in [-0.2, 0) is 28.1 Å². The summed E-state index contributed by atoms with van der Waals surface area (Å²) in [5, 5.41) is 24.7. The molecule has 222 valence electrons. The molecule has 1 aliphatic heterocycles. The molecule has 2 fully saturated rings. The topological polar surface area (TPSA) is 208 Å². The molecule has 1 saturated carbocycles. The second kappa shape index (κ2) is 12.9. The summed E-state index contributed by atoms with van der Waals surface area (Å²) in [6.07, 6.45) is -1.43. The molecule has 3 heterocycles. The van der Waals surface area contributed by atoms with E-state index in [1.54, 1.807) is 6.92 Å². The Balaban J connectivity index is 1.39. The SMILES string of the molecule is CCOC(=O)OCOP(=O)(O)CC(=O)N(C)C[C@H]1O[C@@H](n2cnc3c(NC4CCCC4)nc(Cl)nc32)[C@H](O)[C@@H]1O. The molecule has 4 N–H and O–H groups in total. The highest BCUT2D eigenvalue weighted by molar-refractivity contribution is 7.53. The van der Waals surface area contributed by atoms with Crippen molar-refractivity contribution < 1.29 is 48.0 Å². The average molecular weight is 607 g/mol. The highest BCUT2D eigenvalue weighted by Gasteiger charge is 2.45. The van der Waals surface area contributed by atoms with Crippen LogP contribution < -0.4 is 5.32 Å². The fraction of sp³-hybridized carbons (Fsp3) is 0.682. The van der Waals surface area contributed by atoms with E-state index in [2.05, 4.69) is 34.3 Å². The van der Waals surface area contributed by atoms with Gasteiger partial charge in [0.2, 0.25) is 18.0 Å². The highest BCUT2D eigenvalue weighted by atomic mass is 35.5. The Morgan fingerprint density at radius 1 is 1.25 bits per heavy atom. The van der Waals surface area contributed by atoms with Crippen LogP contribution in [0.25, 0.3) is 11.2 Å². The van der Waals surface area contributed by atoms with E-state index in [1.807, 2.05) is 0 Å². The van der Waals surface area contributed by atoms with Gasteiger partial charge in [-0.1, -0.05) is 12.8 Å². The summed E-state index contributed by atoms with van der Waals surface area (Å²) in [5.41, 5.74) is 0.702. The third-order valence-corrected chi connectivity index (χ3v) is 7.96. The Kier molecular flexibility index (Phi) is 9.82. The number of likely N-dealkylation sites (N-methyl/N-ethyl adjacent to an activating group) is 1. The predicted octanol–water partition coefficient (Wildman–Crippen LogP) is 1.24. The van der Waals surface area contributed by atoms with Crippen molar-refractivity contribution in [2.24, 2.45) is 0 Å². The van der Waals surface area contributed by atoms with Crippen molar-refractivity contribution >= 4 is 48.2 Å². The zero-order valence-electron chi connectivity index (χ0n) is 21.9. The lowest BCUT2D eigenvalue weighted by Crippen LogP contribution is -2.41. The van der Waals surface area contributed by atoms with E-state index in [1.165, 1.54) is 17.9 Å². The van der Waals surface area contributed by atoms with Gasteiger partial charge in [0, 0.05) is 19.6 Å². The molecule has 2 aromatic rings. The number of imidazole rings is 1. The first kappa shape index (κ1) is 30.4. The van der Waals surface area contributed by atoms with Crippen LogP contribution in [0.15, 0.2) is 6.33 Å². The number of aromatic nitrogens is 4. The molecule has 16 nitrogen and oxygen atoms in total. The van der Waals surface area contributed by atoms with Crippen LogP contribution in [0.4, 0.5) is 10.6 Å². The molecule has 5 atom stereocenters. The molecular formula is C22H32ClN6O10P. The van der Waals surface area contributed by atoms with Gasteiger partial charge in [0.1, 0.15) is 24.5 Å². The summed E-state index contributed by atoms with van der Waals surface area (Å²) in [6, 6.07) is 0.233. The Morgan fingerprint density at radius 2 is 1.98 bits per heavy atom. The molecule has 2 aliphatic rings. The van der Waals surface area contributed by atoms with Gasteiger partial charge in [0.15, 0.2) is 23.2 Å². The van der Waals surface area contributed by atoms with E-state index in [0.717, 1.165) is 30.6 Å². The normalized spacial score (nSPS) is 24.6. The van der Waals surface area contributed by atoms with Gasteiger partial charge in [-0.15, -0.1) is 0 Å². The van der Waals surface area contributed by atoms with E-state index < -0.39 is 57.2 Å². The van der Waals surface area contributed by atoms with Crippen molar-refractivity contribution in [2.75, 3.05) is 38.5 Å². The number of hydrogen-bond acceptors (Lipinski definition) is 13. The lowest BCUT2D eigenvalue weighted by molar-refractivity contribution is -0.130. The zero-order valence-corrected chi connectivity index (χ0v) is 23.5. The lowest BCUT2D eigenvalue weighted by Gasteiger charge is -2.23. The van der Waals surface area contributed by atoms with E-state index in [0.29, 0.717) is 11.3 Å². The number of aliphatic hydroxyl groups excluding tert-OH is 2. The van der Waals surface area contributed by atoms with Gasteiger partial charge in [-0.2, -0.15) is 9.97 Å². The second-order valence-corrected chi connectivity index (χ2v) is 11.7. The Hall–Kier alpha value is -2.59. The zero-order chi connectivity index (χ0) is 29.0. The van der Waals surface area contributed by atoms with Gasteiger partial charge in [-0.05, 0) is 31.4 Å². The van der Waals surface area contributed by atoms with Crippen LogP contribution in [0.3, 0.4) is 0 Å². The Bertz CT molecular complexity index is 1260. The Morgan fingerprint density at radius 3 is 2.67 bits per heavy atom. The first-order chi connectivity index (χ1) is 19.0. The number of amides is 1. The molecule has 0 aromatic carbocycles. The number of ether oxygens (including phenoxy) is 3. The molecule has 1 saturated heterocycles. The van der Waals surface area contributed by atoms with Crippen LogP contribution in [-0.4, -0.2) is 109 Å². The first-order valence-corrected chi connectivity index (χ1v) is 14.8. The minimum Gasteiger partial charge on any atom is -0.435 e. The van der Waals surface area contributed by atoms with Gasteiger partial charge in [-0.25, -0.2) is 9.78 Å². The number of rotatable bonds is 11. The minimum absolute atomic E-state index is 0.0343. The Labute approximate surface area is 234 Å². The third kappa shape index (κ3) is 7.18. The lowest BCUT2D eigenvalue weighted by atomic mass is 10.1. The van der Waals surface area contributed by atoms with Gasteiger partial charge in [0.05, 0.1) is 12.9 Å². The predicted molar refractivity (Wildman–Crippen MR) is 139 cm³/mol. The summed E-state index contributed by atoms with van der Waals surface area (Å²) in [4.78, 5) is 47.6. The minimum atomic E-state index is -4.47.